The highest BCUT2D eigenvalue weighted by Gasteiger charge is 2.49. The molecule has 0 bridgehead atoms. The largest absolute Gasteiger partial charge is 0.481 e. The molecule has 0 aromatic carbocycles. The predicted molar refractivity (Wildman–Crippen MR) is 79.9 cm³/mol. The molecule has 0 spiro atoms. The molecule has 1 atom stereocenters. The molecule has 18 heavy (non-hydrogen) atoms. The second-order valence-electron chi connectivity index (χ2n) is 5.94. The Bertz CT molecular complexity index is 257. The number of carboxylic acid groups (broad SMARTS) is 1. The Kier molecular flexibility index (Phi) is 6.40. The monoisotopic (exact) mass is 270 g/mol. The molecule has 1 aliphatic carbocycles. The van der Waals surface area contributed by atoms with Crippen LogP contribution in [0.15, 0.2) is 0 Å². The first-order chi connectivity index (χ1) is 8.63. The molecule has 3 heteroatoms. The van der Waals surface area contributed by atoms with Gasteiger partial charge in [0.1, 0.15) is 0 Å². The summed E-state index contributed by atoms with van der Waals surface area (Å²) in [6, 6.07) is 2.28. The second kappa shape index (κ2) is 7.32. The fourth-order valence-corrected chi connectivity index (χ4v) is 8.33. The molecule has 1 fully saturated rings. The smallest absolute Gasteiger partial charge is 0.306 e. The highest BCUT2D eigenvalue weighted by atomic mass is 28.3. The van der Waals surface area contributed by atoms with E-state index in [0.29, 0.717) is 5.92 Å². The van der Waals surface area contributed by atoms with E-state index in [2.05, 4.69) is 20.8 Å². The van der Waals surface area contributed by atoms with Crippen molar-refractivity contribution in [2.24, 2.45) is 5.92 Å². The maximum atomic E-state index is 12.1. The Morgan fingerprint density at radius 3 is 2.11 bits per heavy atom. The maximum Gasteiger partial charge on any atom is 0.306 e. The van der Waals surface area contributed by atoms with Gasteiger partial charge in [-0.2, -0.15) is 0 Å². The van der Waals surface area contributed by atoms with Gasteiger partial charge in [0.15, 0.2) is 0 Å². The van der Waals surface area contributed by atoms with Crippen molar-refractivity contribution in [2.45, 2.75) is 82.8 Å². The number of aliphatic carboxylic acids is 1. The lowest BCUT2D eigenvalue weighted by Gasteiger charge is -2.44. The molecule has 0 aromatic heterocycles. The summed E-state index contributed by atoms with van der Waals surface area (Å²) >= 11 is 0. The van der Waals surface area contributed by atoms with Gasteiger partial charge in [-0.3, -0.25) is 4.79 Å². The van der Waals surface area contributed by atoms with Crippen LogP contribution in [-0.4, -0.2) is 19.9 Å². The van der Waals surface area contributed by atoms with Gasteiger partial charge in [0.25, 0.3) is 0 Å². The molecule has 106 valence electrons. The minimum absolute atomic E-state index is 0.307. The molecule has 1 aliphatic rings. The molecule has 0 heterocycles. The van der Waals surface area contributed by atoms with Crippen molar-refractivity contribution in [3.8, 4) is 0 Å². The first-order valence-electron chi connectivity index (χ1n) is 7.86. The summed E-state index contributed by atoms with van der Waals surface area (Å²) < 4.78 is 0. The molecule has 0 aromatic rings. The van der Waals surface area contributed by atoms with Crippen LogP contribution in [0.3, 0.4) is 0 Å². The zero-order chi connectivity index (χ0) is 13.6. The van der Waals surface area contributed by atoms with Gasteiger partial charge in [-0.05, 0) is 25.2 Å². The number of rotatable bonds is 7. The molecule has 1 rings (SSSR count). The van der Waals surface area contributed by atoms with Crippen molar-refractivity contribution < 1.29 is 9.90 Å². The van der Waals surface area contributed by atoms with E-state index in [0.717, 1.165) is 37.8 Å². The van der Waals surface area contributed by atoms with Crippen LogP contribution in [0, 0.1) is 5.92 Å². The Balaban J connectivity index is 3.05. The quantitative estimate of drug-likeness (QED) is 0.694. The summed E-state index contributed by atoms with van der Waals surface area (Å²) in [6.07, 6.45) is 8.07. The number of hydrogen-bond acceptors (Lipinski definition) is 1. The molecule has 1 unspecified atom stereocenters. The minimum Gasteiger partial charge on any atom is -0.481 e. The topological polar surface area (TPSA) is 37.3 Å². The fourth-order valence-electron chi connectivity index (χ4n) is 4.25. The molecule has 0 radical (unpaired) electrons. The molecule has 1 saturated carbocycles. The molecular weight excluding hydrogens is 240 g/mol. The van der Waals surface area contributed by atoms with Crippen LogP contribution in [0.2, 0.25) is 17.1 Å². The van der Waals surface area contributed by atoms with E-state index in [1.807, 2.05) is 0 Å². The van der Waals surface area contributed by atoms with E-state index in [-0.39, 0.29) is 5.04 Å². The first-order valence-corrected chi connectivity index (χ1v) is 10.1. The third-order valence-corrected chi connectivity index (χ3v) is 9.54. The second-order valence-corrected chi connectivity index (χ2v) is 10.0. The summed E-state index contributed by atoms with van der Waals surface area (Å²) in [5, 5.41) is 9.67. The molecule has 2 nitrogen and oxygen atoms in total. The van der Waals surface area contributed by atoms with Gasteiger partial charge < -0.3 is 5.11 Å². The van der Waals surface area contributed by atoms with Crippen LogP contribution < -0.4 is 0 Å². The lowest BCUT2D eigenvalue weighted by Crippen LogP contribution is -2.45. The van der Waals surface area contributed by atoms with Crippen molar-refractivity contribution >= 4 is 14.8 Å². The zero-order valence-corrected chi connectivity index (χ0v) is 13.5. The van der Waals surface area contributed by atoms with E-state index in [1.165, 1.54) is 19.3 Å². The fraction of sp³-hybridized carbons (Fsp3) is 0.933. The highest BCUT2D eigenvalue weighted by Crippen LogP contribution is 2.52. The van der Waals surface area contributed by atoms with E-state index < -0.39 is 14.8 Å². The number of carboxylic acids is 1. The molecule has 0 saturated heterocycles. The van der Waals surface area contributed by atoms with E-state index in [1.54, 1.807) is 0 Å². The lowest BCUT2D eigenvalue weighted by atomic mass is 9.77. The van der Waals surface area contributed by atoms with Crippen LogP contribution in [0.1, 0.15) is 65.7 Å². The minimum atomic E-state index is -1.19. The van der Waals surface area contributed by atoms with Crippen molar-refractivity contribution in [3.63, 3.8) is 0 Å². The molecule has 1 N–H and O–H groups in total. The third kappa shape index (κ3) is 2.98. The van der Waals surface area contributed by atoms with E-state index >= 15 is 0 Å². The van der Waals surface area contributed by atoms with E-state index in [4.69, 9.17) is 0 Å². The van der Waals surface area contributed by atoms with Gasteiger partial charge in [-0.15, -0.1) is 0 Å². The highest BCUT2D eigenvalue weighted by molar-refractivity contribution is 6.66. The third-order valence-electron chi connectivity index (χ3n) is 5.11. The zero-order valence-electron chi connectivity index (χ0n) is 12.4. The van der Waals surface area contributed by atoms with Gasteiger partial charge in [0.05, 0.1) is 13.8 Å². The SMILES string of the molecule is CCCC(C(=O)O)(C1CCCCC1)[SiH](CC)CC. The van der Waals surface area contributed by atoms with Crippen LogP contribution in [-0.2, 0) is 4.79 Å². The van der Waals surface area contributed by atoms with Gasteiger partial charge in [0, 0.05) is 0 Å². The van der Waals surface area contributed by atoms with Crippen LogP contribution >= 0.6 is 0 Å². The van der Waals surface area contributed by atoms with Crippen LogP contribution in [0.25, 0.3) is 0 Å². The maximum absolute atomic E-state index is 12.1. The molecule has 0 amide bonds. The number of hydrogen-bond donors (Lipinski definition) is 1. The van der Waals surface area contributed by atoms with Crippen LogP contribution in [0.4, 0.5) is 0 Å². The molecule has 0 aliphatic heterocycles. The predicted octanol–water partition coefficient (Wildman–Crippen LogP) is 4.46. The van der Waals surface area contributed by atoms with Gasteiger partial charge in [-0.1, -0.05) is 58.5 Å². The van der Waals surface area contributed by atoms with Gasteiger partial charge in [0.2, 0.25) is 0 Å². The van der Waals surface area contributed by atoms with Crippen molar-refractivity contribution in [1.29, 1.82) is 0 Å². The van der Waals surface area contributed by atoms with Crippen molar-refractivity contribution in [3.05, 3.63) is 0 Å². The summed E-state index contributed by atoms with van der Waals surface area (Å²) in [4.78, 5) is 12.1. The summed E-state index contributed by atoms with van der Waals surface area (Å²) in [5.41, 5.74) is 0. The summed E-state index contributed by atoms with van der Waals surface area (Å²) in [5.74, 6) is 0.0110. The summed E-state index contributed by atoms with van der Waals surface area (Å²) in [7, 11) is -1.19. The van der Waals surface area contributed by atoms with Crippen molar-refractivity contribution in [2.75, 3.05) is 0 Å². The Labute approximate surface area is 114 Å². The van der Waals surface area contributed by atoms with Gasteiger partial charge in [-0.25, -0.2) is 0 Å². The Hall–Kier alpha value is -0.313. The average molecular weight is 270 g/mol. The van der Waals surface area contributed by atoms with Crippen molar-refractivity contribution in [1.82, 2.24) is 0 Å². The lowest BCUT2D eigenvalue weighted by molar-refractivity contribution is -0.143. The first kappa shape index (κ1) is 15.7. The Morgan fingerprint density at radius 2 is 1.72 bits per heavy atom. The van der Waals surface area contributed by atoms with Gasteiger partial charge >= 0.3 is 5.97 Å². The summed E-state index contributed by atoms with van der Waals surface area (Å²) in [6.45, 7) is 6.59. The normalized spacial score (nSPS) is 20.9. The van der Waals surface area contributed by atoms with E-state index in [9.17, 15) is 9.90 Å². The molecular formula is C15H30O2Si. The average Bonchev–Trinajstić information content (AvgIpc) is 2.39. The number of carbonyl (C=O) groups is 1. The van der Waals surface area contributed by atoms with Crippen LogP contribution in [0.5, 0.6) is 0 Å². The Morgan fingerprint density at radius 1 is 1.17 bits per heavy atom. The standard InChI is InChI=1S/C15H30O2Si/c1-4-12-15(14(16)17,18(5-2)6-3)13-10-8-7-9-11-13/h13,18H,4-12H2,1-3H3,(H,16,17).